The fourth-order valence-corrected chi connectivity index (χ4v) is 2.80. The Labute approximate surface area is 114 Å². The number of aliphatic hydroxyl groups excluding tert-OH is 1. The lowest BCUT2D eigenvalue weighted by molar-refractivity contribution is 0.0548. The van der Waals surface area contributed by atoms with Crippen LogP contribution in [0.3, 0.4) is 0 Å². The Balaban J connectivity index is 2.15. The minimum Gasteiger partial charge on any atom is -0.393 e. The normalized spacial score (nSPS) is 21.8. The molecule has 0 amide bonds. The van der Waals surface area contributed by atoms with Crippen LogP contribution in [0.2, 0.25) is 5.02 Å². The predicted molar refractivity (Wildman–Crippen MR) is 74.7 cm³/mol. The van der Waals surface area contributed by atoms with Crippen LogP contribution in [0.4, 0.5) is 0 Å². The highest BCUT2D eigenvalue weighted by Gasteiger charge is 2.27. The van der Waals surface area contributed by atoms with Crippen LogP contribution in [-0.2, 0) is 0 Å². The molecule has 1 fully saturated rings. The van der Waals surface area contributed by atoms with Gasteiger partial charge < -0.3 is 10.8 Å². The molecule has 2 unspecified atom stereocenters. The van der Waals surface area contributed by atoms with E-state index in [9.17, 15) is 5.11 Å². The molecule has 0 aromatic heterocycles. The first-order chi connectivity index (χ1) is 8.58. The van der Waals surface area contributed by atoms with Crippen molar-refractivity contribution in [2.24, 2.45) is 5.73 Å². The Morgan fingerprint density at radius 2 is 1.83 bits per heavy atom. The van der Waals surface area contributed by atoms with Crippen LogP contribution < -0.4 is 5.73 Å². The second kappa shape index (κ2) is 6.02. The van der Waals surface area contributed by atoms with Gasteiger partial charge in [0.2, 0.25) is 0 Å². The summed E-state index contributed by atoms with van der Waals surface area (Å²) in [6.07, 6.45) is 1.51. The fraction of sp³-hybridized carbons (Fsp3) is 0.571. The van der Waals surface area contributed by atoms with E-state index < -0.39 is 0 Å². The molecule has 2 atom stereocenters. The SMILES string of the molecule is CC(N)C(c1ccc(Cl)cc1)N1CCC(O)CC1. The van der Waals surface area contributed by atoms with Crippen LogP contribution in [0.25, 0.3) is 0 Å². The first-order valence-corrected chi connectivity index (χ1v) is 6.89. The largest absolute Gasteiger partial charge is 0.393 e. The molecule has 100 valence electrons. The van der Waals surface area contributed by atoms with E-state index in [1.807, 2.05) is 31.2 Å². The number of likely N-dealkylation sites (tertiary alicyclic amines) is 1. The van der Waals surface area contributed by atoms with Crippen molar-refractivity contribution in [3.63, 3.8) is 0 Å². The van der Waals surface area contributed by atoms with Gasteiger partial charge in [0.15, 0.2) is 0 Å². The Bertz CT molecular complexity index is 372. The Morgan fingerprint density at radius 1 is 1.28 bits per heavy atom. The molecule has 18 heavy (non-hydrogen) atoms. The van der Waals surface area contributed by atoms with E-state index in [0.717, 1.165) is 31.0 Å². The van der Waals surface area contributed by atoms with Gasteiger partial charge in [-0.2, -0.15) is 0 Å². The number of piperidine rings is 1. The van der Waals surface area contributed by atoms with Gasteiger partial charge in [-0.1, -0.05) is 23.7 Å². The molecule has 1 aliphatic rings. The zero-order chi connectivity index (χ0) is 13.1. The van der Waals surface area contributed by atoms with E-state index in [-0.39, 0.29) is 18.2 Å². The molecular formula is C14H21ClN2O. The van der Waals surface area contributed by atoms with Gasteiger partial charge in [0.25, 0.3) is 0 Å². The number of nitrogens with two attached hydrogens (primary N) is 1. The van der Waals surface area contributed by atoms with Crippen LogP contribution >= 0.6 is 11.6 Å². The average molecular weight is 269 g/mol. The van der Waals surface area contributed by atoms with E-state index in [0.29, 0.717) is 0 Å². The molecule has 1 aromatic carbocycles. The fourth-order valence-electron chi connectivity index (χ4n) is 2.67. The van der Waals surface area contributed by atoms with Crippen molar-refractivity contribution in [1.29, 1.82) is 0 Å². The monoisotopic (exact) mass is 268 g/mol. The quantitative estimate of drug-likeness (QED) is 0.884. The number of hydrogen-bond donors (Lipinski definition) is 2. The van der Waals surface area contributed by atoms with Crippen LogP contribution in [0, 0.1) is 0 Å². The lowest BCUT2D eigenvalue weighted by Gasteiger charge is -2.38. The highest BCUT2D eigenvalue weighted by Crippen LogP contribution is 2.27. The van der Waals surface area contributed by atoms with E-state index in [1.54, 1.807) is 0 Å². The predicted octanol–water partition coefficient (Wildman–Crippen LogP) is 2.19. The van der Waals surface area contributed by atoms with Crippen molar-refractivity contribution >= 4 is 11.6 Å². The molecule has 1 aromatic rings. The summed E-state index contributed by atoms with van der Waals surface area (Å²) in [6, 6.07) is 8.16. The molecule has 0 spiro atoms. The number of benzene rings is 1. The van der Waals surface area contributed by atoms with Crippen molar-refractivity contribution < 1.29 is 5.11 Å². The maximum Gasteiger partial charge on any atom is 0.0564 e. The third-order valence-corrected chi connectivity index (χ3v) is 3.85. The van der Waals surface area contributed by atoms with Crippen molar-refractivity contribution in [3.05, 3.63) is 34.9 Å². The first-order valence-electron chi connectivity index (χ1n) is 6.51. The van der Waals surface area contributed by atoms with E-state index >= 15 is 0 Å². The Kier molecular flexibility index (Phi) is 4.62. The molecule has 4 heteroatoms. The van der Waals surface area contributed by atoms with Gasteiger partial charge in [-0.25, -0.2) is 0 Å². The van der Waals surface area contributed by atoms with Gasteiger partial charge in [0.05, 0.1) is 6.10 Å². The third-order valence-electron chi connectivity index (χ3n) is 3.60. The lowest BCUT2D eigenvalue weighted by atomic mass is 9.96. The molecule has 0 bridgehead atoms. The second-order valence-electron chi connectivity index (χ2n) is 5.12. The summed E-state index contributed by atoms with van der Waals surface area (Å²) in [5.41, 5.74) is 7.33. The second-order valence-corrected chi connectivity index (χ2v) is 5.56. The summed E-state index contributed by atoms with van der Waals surface area (Å²) in [5.74, 6) is 0. The van der Waals surface area contributed by atoms with Gasteiger partial charge in [-0.05, 0) is 37.5 Å². The molecule has 1 heterocycles. The first kappa shape index (κ1) is 13.8. The molecule has 2 rings (SSSR count). The van der Waals surface area contributed by atoms with Gasteiger partial charge in [0.1, 0.15) is 0 Å². The minimum atomic E-state index is -0.153. The number of hydrogen-bond acceptors (Lipinski definition) is 3. The smallest absolute Gasteiger partial charge is 0.0564 e. The van der Waals surface area contributed by atoms with Crippen molar-refractivity contribution in [1.82, 2.24) is 4.90 Å². The summed E-state index contributed by atoms with van der Waals surface area (Å²) in [7, 11) is 0. The molecule has 0 saturated carbocycles. The molecule has 0 aliphatic carbocycles. The van der Waals surface area contributed by atoms with Crippen molar-refractivity contribution in [3.8, 4) is 0 Å². The van der Waals surface area contributed by atoms with Crippen molar-refractivity contribution in [2.75, 3.05) is 13.1 Å². The molecule has 3 nitrogen and oxygen atoms in total. The topological polar surface area (TPSA) is 49.5 Å². The highest BCUT2D eigenvalue weighted by molar-refractivity contribution is 6.30. The molecular weight excluding hydrogens is 248 g/mol. The number of halogens is 1. The number of aliphatic hydroxyl groups is 1. The molecule has 1 aliphatic heterocycles. The van der Waals surface area contributed by atoms with Gasteiger partial charge in [-0.15, -0.1) is 0 Å². The van der Waals surface area contributed by atoms with Crippen LogP contribution in [0.1, 0.15) is 31.4 Å². The summed E-state index contributed by atoms with van der Waals surface area (Å²) in [6.45, 7) is 3.83. The maximum absolute atomic E-state index is 9.58. The molecule has 1 saturated heterocycles. The van der Waals surface area contributed by atoms with Gasteiger partial charge in [0, 0.05) is 30.2 Å². The third kappa shape index (κ3) is 3.23. The Hall–Kier alpha value is -0.610. The summed E-state index contributed by atoms with van der Waals surface area (Å²) >= 11 is 5.92. The molecule has 3 N–H and O–H groups in total. The molecule has 0 radical (unpaired) electrons. The highest BCUT2D eigenvalue weighted by atomic mass is 35.5. The summed E-state index contributed by atoms with van der Waals surface area (Å²) in [4.78, 5) is 2.36. The number of nitrogens with zero attached hydrogens (tertiary/aromatic N) is 1. The van der Waals surface area contributed by atoms with Gasteiger partial charge >= 0.3 is 0 Å². The van der Waals surface area contributed by atoms with Crippen LogP contribution in [0.5, 0.6) is 0 Å². The summed E-state index contributed by atoms with van der Waals surface area (Å²) < 4.78 is 0. The maximum atomic E-state index is 9.58. The average Bonchev–Trinajstić information content (AvgIpc) is 2.34. The Morgan fingerprint density at radius 3 is 2.33 bits per heavy atom. The van der Waals surface area contributed by atoms with Crippen LogP contribution in [-0.4, -0.2) is 35.2 Å². The van der Waals surface area contributed by atoms with Crippen LogP contribution in [0.15, 0.2) is 24.3 Å². The minimum absolute atomic E-state index is 0.0569. The number of rotatable bonds is 3. The van der Waals surface area contributed by atoms with Crippen molar-refractivity contribution in [2.45, 2.75) is 38.0 Å². The van der Waals surface area contributed by atoms with E-state index in [4.69, 9.17) is 17.3 Å². The zero-order valence-corrected chi connectivity index (χ0v) is 11.5. The van der Waals surface area contributed by atoms with Gasteiger partial charge in [-0.3, -0.25) is 4.90 Å². The van der Waals surface area contributed by atoms with E-state index in [2.05, 4.69) is 4.90 Å². The van der Waals surface area contributed by atoms with E-state index in [1.165, 1.54) is 5.56 Å². The lowest BCUT2D eigenvalue weighted by Crippen LogP contribution is -2.44. The summed E-state index contributed by atoms with van der Waals surface area (Å²) in [5, 5.41) is 10.3. The zero-order valence-electron chi connectivity index (χ0n) is 10.7. The standard InChI is InChI=1S/C14H21ClN2O/c1-10(16)14(11-2-4-12(15)5-3-11)17-8-6-13(18)7-9-17/h2-5,10,13-14,18H,6-9,16H2,1H3.